The van der Waals surface area contributed by atoms with Crippen LogP contribution in [0.15, 0.2) is 24.0 Å². The number of rotatable bonds is 2. The second-order valence-corrected chi connectivity index (χ2v) is 6.68. The van der Waals surface area contributed by atoms with Crippen LogP contribution in [0.25, 0.3) is 0 Å². The molecule has 1 aromatic rings. The minimum absolute atomic E-state index is 0.0134. The zero-order valence-electron chi connectivity index (χ0n) is 13.4. The quantitative estimate of drug-likeness (QED) is 0.869. The molecule has 2 N–H and O–H groups in total. The molecule has 3 aliphatic rings. The monoisotopic (exact) mass is 315 g/mol. The van der Waals surface area contributed by atoms with Crippen molar-refractivity contribution in [3.05, 3.63) is 35.1 Å². The van der Waals surface area contributed by atoms with E-state index in [0.717, 1.165) is 30.5 Å². The Bertz CT molecular complexity index is 711. The van der Waals surface area contributed by atoms with Gasteiger partial charge in [-0.2, -0.15) is 0 Å². The van der Waals surface area contributed by atoms with E-state index in [0.29, 0.717) is 17.9 Å². The summed E-state index contributed by atoms with van der Waals surface area (Å²) in [5.41, 5.74) is 1.65. The number of carbonyl (C=O) groups excluding carboxylic acids is 1. The highest BCUT2D eigenvalue weighted by atomic mass is 16.5. The number of carbonyl (C=O) groups is 1. The minimum atomic E-state index is -0.360. The smallest absolute Gasteiger partial charge is 0.197 e. The summed E-state index contributed by atoms with van der Waals surface area (Å²) in [7, 11) is 3.10. The van der Waals surface area contributed by atoms with Gasteiger partial charge in [-0.25, -0.2) is 0 Å². The molecule has 2 aliphatic carbocycles. The van der Waals surface area contributed by atoms with Gasteiger partial charge in [0.25, 0.3) is 0 Å². The van der Waals surface area contributed by atoms with E-state index in [1.807, 2.05) is 18.2 Å². The molecule has 0 saturated carbocycles. The molecule has 122 valence electrons. The van der Waals surface area contributed by atoms with Crippen LogP contribution in [0.2, 0.25) is 0 Å². The maximum absolute atomic E-state index is 12.5. The molecule has 0 aromatic heterocycles. The zero-order chi connectivity index (χ0) is 16.2. The minimum Gasteiger partial charge on any atom is -0.504 e. The number of piperidine rings is 1. The van der Waals surface area contributed by atoms with Crippen molar-refractivity contribution in [3.63, 3.8) is 0 Å². The highest BCUT2D eigenvalue weighted by Gasteiger charge is 2.55. The molecule has 1 aliphatic heterocycles. The van der Waals surface area contributed by atoms with Gasteiger partial charge in [0.05, 0.1) is 14.2 Å². The van der Waals surface area contributed by atoms with Crippen molar-refractivity contribution in [2.75, 3.05) is 20.8 Å². The standard InChI is InChI=1S/C18H21NO4/c1-22-14-4-3-10-7-12-11-8-15(23-2)13(20)9-18(11,5-6-19-12)16(10)17(14)21/h3-4,8,11-12,19,21H,5-7,9H2,1-2H3/t11?,12-,18-/m1/s1. The van der Waals surface area contributed by atoms with Gasteiger partial charge in [-0.1, -0.05) is 6.07 Å². The molecule has 0 amide bonds. The van der Waals surface area contributed by atoms with Crippen LogP contribution >= 0.6 is 0 Å². The molecule has 1 unspecified atom stereocenters. The Balaban J connectivity index is 1.96. The largest absolute Gasteiger partial charge is 0.504 e. The van der Waals surface area contributed by atoms with Crippen LogP contribution in [0, 0.1) is 5.92 Å². The molecule has 0 radical (unpaired) electrons. The van der Waals surface area contributed by atoms with Gasteiger partial charge >= 0.3 is 0 Å². The van der Waals surface area contributed by atoms with Gasteiger partial charge in [-0.05, 0) is 37.1 Å². The van der Waals surface area contributed by atoms with E-state index < -0.39 is 0 Å². The predicted octanol–water partition coefficient (Wildman–Crippen LogP) is 1.68. The van der Waals surface area contributed by atoms with E-state index in [9.17, 15) is 9.90 Å². The van der Waals surface area contributed by atoms with Crippen LogP contribution in [0.3, 0.4) is 0 Å². The number of aromatic hydroxyl groups is 1. The van der Waals surface area contributed by atoms with Crippen LogP contribution in [-0.2, 0) is 21.4 Å². The van der Waals surface area contributed by atoms with Crippen molar-refractivity contribution in [1.29, 1.82) is 0 Å². The van der Waals surface area contributed by atoms with Gasteiger partial charge in [-0.15, -0.1) is 0 Å². The number of ether oxygens (including phenoxy) is 2. The van der Waals surface area contributed by atoms with Crippen LogP contribution in [0.1, 0.15) is 24.0 Å². The van der Waals surface area contributed by atoms with Gasteiger partial charge in [0.2, 0.25) is 0 Å². The summed E-state index contributed by atoms with van der Waals surface area (Å²) in [6.45, 7) is 0.848. The number of fused-ring (bicyclic) bond motifs is 1. The lowest BCUT2D eigenvalue weighted by molar-refractivity contribution is -0.122. The highest BCUT2D eigenvalue weighted by molar-refractivity contribution is 5.96. The molecule has 1 heterocycles. The number of allylic oxidation sites excluding steroid dienone is 1. The second-order valence-electron chi connectivity index (χ2n) is 6.68. The lowest BCUT2D eigenvalue weighted by atomic mass is 9.54. The summed E-state index contributed by atoms with van der Waals surface area (Å²) >= 11 is 0. The van der Waals surface area contributed by atoms with Gasteiger partial charge in [-0.3, -0.25) is 4.79 Å². The van der Waals surface area contributed by atoms with Crippen molar-refractivity contribution in [1.82, 2.24) is 5.32 Å². The fraction of sp³-hybridized carbons (Fsp3) is 0.500. The van der Waals surface area contributed by atoms with Crippen molar-refractivity contribution >= 4 is 5.78 Å². The lowest BCUT2D eigenvalue weighted by Crippen LogP contribution is -2.60. The number of phenolic OH excluding ortho intramolecular Hbond substituents is 1. The molecule has 4 rings (SSSR count). The first-order chi connectivity index (χ1) is 11.1. The summed E-state index contributed by atoms with van der Waals surface area (Å²) in [4.78, 5) is 12.5. The van der Waals surface area contributed by atoms with Crippen molar-refractivity contribution in [2.45, 2.75) is 30.7 Å². The van der Waals surface area contributed by atoms with E-state index in [1.54, 1.807) is 14.2 Å². The summed E-state index contributed by atoms with van der Waals surface area (Å²) in [6.07, 6.45) is 4.00. The molecule has 23 heavy (non-hydrogen) atoms. The number of hydrogen-bond donors (Lipinski definition) is 2. The van der Waals surface area contributed by atoms with E-state index in [4.69, 9.17) is 9.47 Å². The van der Waals surface area contributed by atoms with E-state index in [-0.39, 0.29) is 28.9 Å². The average Bonchev–Trinajstić information content (AvgIpc) is 2.53. The van der Waals surface area contributed by atoms with Crippen LogP contribution in [0.5, 0.6) is 11.5 Å². The predicted molar refractivity (Wildman–Crippen MR) is 84.7 cm³/mol. The molecular weight excluding hydrogens is 294 g/mol. The fourth-order valence-corrected chi connectivity index (χ4v) is 4.77. The van der Waals surface area contributed by atoms with Crippen LogP contribution in [0.4, 0.5) is 0 Å². The fourth-order valence-electron chi connectivity index (χ4n) is 4.77. The first-order valence-electron chi connectivity index (χ1n) is 8.02. The first kappa shape index (κ1) is 14.6. The number of Topliss-reactive ketones (excluding diaryl/α,β-unsaturated/α-hetero) is 1. The number of methoxy groups -OCH3 is 2. The maximum Gasteiger partial charge on any atom is 0.197 e. The number of nitrogens with one attached hydrogen (secondary N) is 1. The Hall–Kier alpha value is -2.01. The van der Waals surface area contributed by atoms with Crippen LogP contribution < -0.4 is 10.1 Å². The van der Waals surface area contributed by atoms with Crippen molar-refractivity contribution in [2.24, 2.45) is 5.92 Å². The average molecular weight is 315 g/mol. The SMILES string of the molecule is COC1=CC2[C@H]3Cc4ccc(OC)c(O)c4[C@]2(CCN3)CC1=O. The topological polar surface area (TPSA) is 67.8 Å². The third-order valence-electron chi connectivity index (χ3n) is 5.74. The lowest BCUT2D eigenvalue weighted by Gasteiger charge is -2.53. The molecule has 0 spiro atoms. The summed E-state index contributed by atoms with van der Waals surface area (Å²) in [5, 5.41) is 14.3. The van der Waals surface area contributed by atoms with Gasteiger partial charge in [0.1, 0.15) is 0 Å². The molecule has 5 nitrogen and oxygen atoms in total. The Morgan fingerprint density at radius 2 is 2.13 bits per heavy atom. The Labute approximate surface area is 135 Å². The number of hydrogen-bond acceptors (Lipinski definition) is 5. The second kappa shape index (κ2) is 4.99. The molecule has 1 fully saturated rings. The highest BCUT2D eigenvalue weighted by Crippen LogP contribution is 2.56. The summed E-state index contributed by atoms with van der Waals surface area (Å²) < 4.78 is 10.6. The van der Waals surface area contributed by atoms with E-state index in [2.05, 4.69) is 5.32 Å². The van der Waals surface area contributed by atoms with Gasteiger partial charge in [0.15, 0.2) is 23.0 Å². The molecular formula is C18H21NO4. The van der Waals surface area contributed by atoms with Crippen molar-refractivity contribution in [3.8, 4) is 11.5 Å². The van der Waals surface area contributed by atoms with Gasteiger partial charge in [0, 0.05) is 29.4 Å². The van der Waals surface area contributed by atoms with E-state index >= 15 is 0 Å². The Morgan fingerprint density at radius 1 is 1.30 bits per heavy atom. The Morgan fingerprint density at radius 3 is 2.87 bits per heavy atom. The molecule has 1 aromatic carbocycles. The normalized spacial score (nSPS) is 31.7. The third kappa shape index (κ3) is 1.86. The number of ketones is 1. The number of benzene rings is 1. The number of phenols is 1. The van der Waals surface area contributed by atoms with Crippen LogP contribution in [-0.4, -0.2) is 37.7 Å². The molecule has 3 atom stereocenters. The molecule has 2 bridgehead atoms. The summed E-state index contributed by atoms with van der Waals surface area (Å²) in [5.74, 6) is 1.28. The zero-order valence-corrected chi connectivity index (χ0v) is 13.4. The van der Waals surface area contributed by atoms with Gasteiger partial charge < -0.3 is 19.9 Å². The summed E-state index contributed by atoms with van der Waals surface area (Å²) in [6, 6.07) is 4.09. The third-order valence-corrected chi connectivity index (χ3v) is 5.74. The first-order valence-corrected chi connectivity index (χ1v) is 8.02. The maximum atomic E-state index is 12.5. The Kier molecular flexibility index (Phi) is 3.17. The van der Waals surface area contributed by atoms with Crippen molar-refractivity contribution < 1.29 is 19.4 Å². The van der Waals surface area contributed by atoms with E-state index in [1.165, 1.54) is 0 Å². The molecule has 1 saturated heterocycles. The molecule has 5 heteroatoms.